The van der Waals surface area contributed by atoms with Crippen LogP contribution in [0.5, 0.6) is 11.5 Å². The van der Waals surface area contributed by atoms with Crippen LogP contribution in [0.2, 0.25) is 0 Å². The van der Waals surface area contributed by atoms with Crippen LogP contribution in [0, 0.1) is 0 Å². The summed E-state index contributed by atoms with van der Waals surface area (Å²) >= 11 is 0. The Morgan fingerprint density at radius 2 is 2.00 bits per heavy atom. The lowest BCUT2D eigenvalue weighted by molar-refractivity contribution is 0.174. The summed E-state index contributed by atoms with van der Waals surface area (Å²) in [6.45, 7) is 7.85. The zero-order valence-electron chi connectivity index (χ0n) is 13.5. The topological polar surface area (TPSA) is 33.7 Å². The van der Waals surface area contributed by atoms with Crippen LogP contribution in [-0.2, 0) is 0 Å². The maximum Gasteiger partial charge on any atom is 0.231 e. The highest BCUT2D eigenvalue weighted by atomic mass is 16.7. The van der Waals surface area contributed by atoms with Crippen molar-refractivity contribution >= 4 is 0 Å². The monoisotopic (exact) mass is 292 g/mol. The predicted octanol–water partition coefficient (Wildman–Crippen LogP) is 3.19. The van der Waals surface area contributed by atoms with Crippen LogP contribution in [0.3, 0.4) is 0 Å². The molecule has 1 heterocycles. The van der Waals surface area contributed by atoms with Gasteiger partial charge in [-0.1, -0.05) is 32.8 Å². The van der Waals surface area contributed by atoms with Gasteiger partial charge in [0, 0.05) is 12.6 Å². The van der Waals surface area contributed by atoms with E-state index in [0.29, 0.717) is 12.8 Å². The van der Waals surface area contributed by atoms with E-state index in [-0.39, 0.29) is 0 Å². The van der Waals surface area contributed by atoms with Crippen LogP contribution < -0.4 is 14.8 Å². The summed E-state index contributed by atoms with van der Waals surface area (Å²) in [5.74, 6) is 1.72. The Balaban J connectivity index is 1.97. The van der Waals surface area contributed by atoms with E-state index in [1.54, 1.807) is 0 Å². The number of ether oxygens (including phenoxy) is 2. The third kappa shape index (κ3) is 4.61. The van der Waals surface area contributed by atoms with Crippen LogP contribution in [0.15, 0.2) is 18.2 Å². The van der Waals surface area contributed by atoms with E-state index >= 15 is 0 Å². The van der Waals surface area contributed by atoms with Crippen molar-refractivity contribution in [2.75, 3.05) is 33.5 Å². The van der Waals surface area contributed by atoms with E-state index < -0.39 is 0 Å². The van der Waals surface area contributed by atoms with E-state index in [9.17, 15) is 0 Å². The molecule has 0 aliphatic carbocycles. The summed E-state index contributed by atoms with van der Waals surface area (Å²) in [5.41, 5.74) is 1.27. The molecule has 0 bridgehead atoms. The van der Waals surface area contributed by atoms with Crippen molar-refractivity contribution in [2.24, 2.45) is 0 Å². The van der Waals surface area contributed by atoms with Crippen LogP contribution in [0.25, 0.3) is 0 Å². The smallest absolute Gasteiger partial charge is 0.231 e. The lowest BCUT2D eigenvalue weighted by atomic mass is 10.1. The van der Waals surface area contributed by atoms with Crippen LogP contribution >= 0.6 is 0 Å². The largest absolute Gasteiger partial charge is 0.454 e. The number of rotatable bonds is 9. The highest BCUT2D eigenvalue weighted by Crippen LogP contribution is 2.34. The molecule has 21 heavy (non-hydrogen) atoms. The SMILES string of the molecule is CCCCCN(C)CC(NCC)c1ccc2c(c1)OCO2. The van der Waals surface area contributed by atoms with Crippen molar-refractivity contribution in [2.45, 2.75) is 39.2 Å². The summed E-state index contributed by atoms with van der Waals surface area (Å²) in [6.07, 6.45) is 3.85. The summed E-state index contributed by atoms with van der Waals surface area (Å²) < 4.78 is 10.9. The first-order valence-corrected chi connectivity index (χ1v) is 8.06. The highest BCUT2D eigenvalue weighted by molar-refractivity contribution is 5.45. The van der Waals surface area contributed by atoms with Gasteiger partial charge in [0.2, 0.25) is 6.79 Å². The second-order valence-electron chi connectivity index (χ2n) is 5.69. The van der Waals surface area contributed by atoms with Crippen LogP contribution in [-0.4, -0.2) is 38.4 Å². The molecule has 1 N–H and O–H groups in total. The Morgan fingerprint density at radius 1 is 1.19 bits per heavy atom. The molecule has 1 aliphatic heterocycles. The standard InChI is InChI=1S/C17H28N2O2/c1-4-6-7-10-19(3)12-15(18-5-2)14-8-9-16-17(11-14)21-13-20-16/h8-9,11,15,18H,4-7,10,12-13H2,1-3H3. The first kappa shape index (κ1) is 16.1. The number of likely N-dealkylation sites (N-methyl/N-ethyl adjacent to an activating group) is 2. The molecular weight excluding hydrogens is 264 g/mol. The van der Waals surface area contributed by atoms with Gasteiger partial charge in [-0.3, -0.25) is 0 Å². The lowest BCUT2D eigenvalue weighted by Gasteiger charge is -2.25. The van der Waals surface area contributed by atoms with Gasteiger partial charge >= 0.3 is 0 Å². The third-order valence-corrected chi connectivity index (χ3v) is 3.89. The first-order valence-electron chi connectivity index (χ1n) is 8.06. The molecule has 0 aromatic heterocycles. The summed E-state index contributed by atoms with van der Waals surface area (Å²) in [5, 5.41) is 3.57. The molecule has 1 unspecified atom stereocenters. The Labute approximate surface area is 128 Å². The molecule has 0 saturated carbocycles. The van der Waals surface area contributed by atoms with Crippen LogP contribution in [0.4, 0.5) is 0 Å². The van der Waals surface area contributed by atoms with Gasteiger partial charge in [-0.15, -0.1) is 0 Å². The van der Waals surface area contributed by atoms with Crippen molar-refractivity contribution in [3.05, 3.63) is 23.8 Å². The quantitative estimate of drug-likeness (QED) is 0.709. The van der Waals surface area contributed by atoms with E-state index in [0.717, 1.165) is 31.1 Å². The average molecular weight is 292 g/mol. The summed E-state index contributed by atoms with van der Waals surface area (Å²) in [6, 6.07) is 6.59. The average Bonchev–Trinajstić information content (AvgIpc) is 2.94. The minimum Gasteiger partial charge on any atom is -0.454 e. The highest BCUT2D eigenvalue weighted by Gasteiger charge is 2.18. The van der Waals surface area contributed by atoms with Gasteiger partial charge in [0.15, 0.2) is 11.5 Å². The summed E-state index contributed by atoms with van der Waals surface area (Å²) in [7, 11) is 2.20. The predicted molar refractivity (Wildman–Crippen MR) is 86.0 cm³/mol. The summed E-state index contributed by atoms with van der Waals surface area (Å²) in [4.78, 5) is 2.41. The molecule has 4 heteroatoms. The molecule has 0 amide bonds. The first-order chi connectivity index (χ1) is 10.2. The molecule has 0 saturated heterocycles. The minimum atomic E-state index is 0.330. The van der Waals surface area contributed by atoms with Gasteiger partial charge in [-0.25, -0.2) is 0 Å². The zero-order valence-corrected chi connectivity index (χ0v) is 13.5. The maximum atomic E-state index is 5.49. The van der Waals surface area contributed by atoms with Crippen molar-refractivity contribution in [3.63, 3.8) is 0 Å². The van der Waals surface area contributed by atoms with Crippen molar-refractivity contribution < 1.29 is 9.47 Å². The number of benzene rings is 1. The van der Waals surface area contributed by atoms with Crippen molar-refractivity contribution in [1.29, 1.82) is 0 Å². The molecule has 0 fully saturated rings. The molecule has 0 spiro atoms. The second kappa shape index (κ2) is 8.25. The number of hydrogen-bond acceptors (Lipinski definition) is 4. The fourth-order valence-electron chi connectivity index (χ4n) is 2.70. The number of fused-ring (bicyclic) bond motifs is 1. The van der Waals surface area contributed by atoms with Gasteiger partial charge in [0.25, 0.3) is 0 Å². The van der Waals surface area contributed by atoms with Gasteiger partial charge in [-0.05, 0) is 44.3 Å². The second-order valence-corrected chi connectivity index (χ2v) is 5.69. The molecule has 4 nitrogen and oxygen atoms in total. The van der Waals surface area contributed by atoms with E-state index in [4.69, 9.17) is 9.47 Å². The molecule has 1 aromatic carbocycles. The normalized spacial score (nSPS) is 14.7. The van der Waals surface area contributed by atoms with Crippen LogP contribution in [0.1, 0.15) is 44.7 Å². The van der Waals surface area contributed by atoms with Gasteiger partial charge in [-0.2, -0.15) is 0 Å². The molecule has 1 aliphatic rings. The number of hydrogen-bond donors (Lipinski definition) is 1. The molecule has 2 rings (SSSR count). The molecule has 1 aromatic rings. The minimum absolute atomic E-state index is 0.330. The Kier molecular flexibility index (Phi) is 6.33. The van der Waals surface area contributed by atoms with Gasteiger partial charge in [0.05, 0.1) is 0 Å². The van der Waals surface area contributed by atoms with E-state index in [2.05, 4.69) is 43.2 Å². The van der Waals surface area contributed by atoms with Crippen molar-refractivity contribution in [1.82, 2.24) is 10.2 Å². The lowest BCUT2D eigenvalue weighted by Crippen LogP contribution is -2.33. The Morgan fingerprint density at radius 3 is 2.76 bits per heavy atom. The number of nitrogens with zero attached hydrogens (tertiary/aromatic N) is 1. The Bertz CT molecular complexity index is 437. The molecule has 1 atom stereocenters. The van der Waals surface area contributed by atoms with Crippen molar-refractivity contribution in [3.8, 4) is 11.5 Å². The number of nitrogens with one attached hydrogen (secondary N) is 1. The Hall–Kier alpha value is -1.26. The zero-order chi connectivity index (χ0) is 15.1. The van der Waals surface area contributed by atoms with Gasteiger partial charge < -0.3 is 19.7 Å². The van der Waals surface area contributed by atoms with Gasteiger partial charge in [0.1, 0.15) is 0 Å². The fraction of sp³-hybridized carbons (Fsp3) is 0.647. The maximum absolute atomic E-state index is 5.49. The number of unbranched alkanes of at least 4 members (excludes halogenated alkanes) is 2. The van der Waals surface area contributed by atoms with E-state index in [1.165, 1.54) is 24.8 Å². The fourth-order valence-corrected chi connectivity index (χ4v) is 2.70. The third-order valence-electron chi connectivity index (χ3n) is 3.89. The molecule has 0 radical (unpaired) electrons. The molecular formula is C17H28N2O2. The van der Waals surface area contributed by atoms with E-state index in [1.807, 2.05) is 6.07 Å². The molecule has 118 valence electrons.